The molecule has 0 saturated heterocycles. The van der Waals surface area contributed by atoms with Crippen LogP contribution in [-0.4, -0.2) is 0 Å². The van der Waals surface area contributed by atoms with E-state index in [0.717, 1.165) is 6.42 Å². The first-order valence-corrected chi connectivity index (χ1v) is 10.4. The van der Waals surface area contributed by atoms with E-state index in [1.54, 1.807) is 0 Å². The molecule has 0 radical (unpaired) electrons. The second kappa shape index (κ2) is 13.0. The number of halogens is 3. The molecule has 0 nitrogen and oxygen atoms in total. The minimum atomic E-state index is -0.321. The third kappa shape index (κ3) is 6.05. The maximum absolute atomic E-state index is 3.62. The Kier molecular flexibility index (Phi) is 12.5. The summed E-state index contributed by atoms with van der Waals surface area (Å²) in [6, 6.07) is 27.1. The van der Waals surface area contributed by atoms with Crippen molar-refractivity contribution >= 4 is 0 Å². The standard InChI is InChI=1S/C29H29.3ClH.Ti/c1-20-9-6-12-25(16-20)29(26-13-7-10-21(2)17-26,27-14-8-11-22(3)18-27)28-19-23(4)15-24(28)5;;;;/h6-14,16-18H,19H2,1-5H3;3*1H;/q-1;;;;+4/p-3. The normalized spacial score (nSPS) is 12.6. The zero-order valence-electron chi connectivity index (χ0n) is 19.8. The van der Waals surface area contributed by atoms with Crippen LogP contribution in [0, 0.1) is 26.8 Å². The number of aryl methyl sites for hydroxylation is 3. The molecule has 0 heterocycles. The van der Waals surface area contributed by atoms with Crippen LogP contribution in [0.15, 0.2) is 89.5 Å². The van der Waals surface area contributed by atoms with Crippen molar-refractivity contribution in [3.63, 3.8) is 0 Å². The molecule has 3 aromatic carbocycles. The van der Waals surface area contributed by atoms with Crippen LogP contribution in [0.25, 0.3) is 0 Å². The number of benzene rings is 3. The summed E-state index contributed by atoms with van der Waals surface area (Å²) in [5.74, 6) is 0. The first-order valence-electron chi connectivity index (χ1n) is 10.4. The Balaban J connectivity index is 0.00000256. The van der Waals surface area contributed by atoms with E-state index < -0.39 is 0 Å². The second-order valence-corrected chi connectivity index (χ2v) is 8.54. The molecule has 4 heteroatoms. The van der Waals surface area contributed by atoms with Crippen molar-refractivity contribution < 1.29 is 58.9 Å². The van der Waals surface area contributed by atoms with Gasteiger partial charge in [-0.1, -0.05) is 110 Å². The zero-order valence-corrected chi connectivity index (χ0v) is 23.6. The third-order valence-corrected chi connectivity index (χ3v) is 6.10. The summed E-state index contributed by atoms with van der Waals surface area (Å²) in [5.41, 5.74) is 11.6. The number of allylic oxidation sites excluding steroid dienone is 4. The fraction of sp³-hybridized carbons (Fsp3) is 0.241. The summed E-state index contributed by atoms with van der Waals surface area (Å²) in [5, 5.41) is 0. The molecule has 0 aromatic heterocycles. The van der Waals surface area contributed by atoms with Gasteiger partial charge in [0.15, 0.2) is 0 Å². The molecule has 1 aliphatic carbocycles. The fourth-order valence-electron chi connectivity index (χ4n) is 4.91. The molecule has 3 aromatic rings. The van der Waals surface area contributed by atoms with Crippen LogP contribution in [0.4, 0.5) is 0 Å². The first kappa shape index (κ1) is 31.7. The smallest absolute Gasteiger partial charge is 1.00 e. The van der Waals surface area contributed by atoms with E-state index in [1.807, 2.05) is 0 Å². The Hall–Kier alpha value is -1.28. The molecule has 170 valence electrons. The molecular weight excluding hydrogens is 503 g/mol. The van der Waals surface area contributed by atoms with E-state index >= 15 is 0 Å². The summed E-state index contributed by atoms with van der Waals surface area (Å²) in [6.07, 6.45) is 4.58. The van der Waals surface area contributed by atoms with E-state index in [1.165, 1.54) is 50.1 Å². The first-order chi connectivity index (χ1) is 13.9. The molecule has 0 bridgehead atoms. The minimum absolute atomic E-state index is 0. The second-order valence-electron chi connectivity index (χ2n) is 8.54. The van der Waals surface area contributed by atoms with Gasteiger partial charge < -0.3 is 37.2 Å². The van der Waals surface area contributed by atoms with Gasteiger partial charge in [-0.05, 0) is 37.5 Å². The maximum Gasteiger partial charge on any atom is 4.00 e. The Bertz CT molecular complexity index is 1030. The van der Waals surface area contributed by atoms with Crippen molar-refractivity contribution in [3.8, 4) is 0 Å². The number of hydrogen-bond acceptors (Lipinski definition) is 0. The summed E-state index contributed by atoms with van der Waals surface area (Å²) in [7, 11) is 0. The number of hydrogen-bond donors (Lipinski definition) is 0. The van der Waals surface area contributed by atoms with Gasteiger partial charge in [0.05, 0.1) is 0 Å². The summed E-state index contributed by atoms with van der Waals surface area (Å²) < 4.78 is 0. The van der Waals surface area contributed by atoms with Crippen molar-refractivity contribution in [1.82, 2.24) is 0 Å². The van der Waals surface area contributed by atoms with Gasteiger partial charge in [-0.2, -0.15) is 11.1 Å². The van der Waals surface area contributed by atoms with Crippen LogP contribution in [-0.2, 0) is 27.1 Å². The molecular formula is C29H29Cl3Ti. The van der Waals surface area contributed by atoms with Crippen LogP contribution in [0.3, 0.4) is 0 Å². The van der Waals surface area contributed by atoms with E-state index in [2.05, 4.69) is 113 Å². The monoisotopic (exact) mass is 530 g/mol. The largest absolute Gasteiger partial charge is 4.00 e. The third-order valence-electron chi connectivity index (χ3n) is 6.10. The SMILES string of the molecule is CC1=[C-]C(C)=C(C(c2cccc(C)c2)(c2cccc(C)c2)c2cccc(C)c2)C1.[Cl-].[Cl-].[Cl-].[Ti+4]. The van der Waals surface area contributed by atoms with Gasteiger partial charge in [-0.25, -0.2) is 11.6 Å². The van der Waals surface area contributed by atoms with Gasteiger partial charge in [-0.3, -0.25) is 0 Å². The molecule has 0 spiro atoms. The molecule has 0 unspecified atom stereocenters. The summed E-state index contributed by atoms with van der Waals surface area (Å²) in [4.78, 5) is 0. The van der Waals surface area contributed by atoms with Gasteiger partial charge in [0.1, 0.15) is 0 Å². The minimum Gasteiger partial charge on any atom is -1.00 e. The molecule has 0 amide bonds. The Morgan fingerprint density at radius 3 is 1.24 bits per heavy atom. The van der Waals surface area contributed by atoms with Crippen molar-refractivity contribution in [2.75, 3.05) is 0 Å². The van der Waals surface area contributed by atoms with Crippen LogP contribution in [0.1, 0.15) is 53.6 Å². The van der Waals surface area contributed by atoms with E-state index in [-0.39, 0.29) is 64.4 Å². The van der Waals surface area contributed by atoms with Crippen molar-refractivity contribution in [3.05, 3.63) is 129 Å². The summed E-state index contributed by atoms with van der Waals surface area (Å²) in [6.45, 7) is 11.0. The van der Waals surface area contributed by atoms with Crippen molar-refractivity contribution in [2.45, 2.75) is 46.5 Å². The number of rotatable bonds is 4. The van der Waals surface area contributed by atoms with Gasteiger partial charge in [0.2, 0.25) is 0 Å². The quantitative estimate of drug-likeness (QED) is 0.217. The zero-order chi connectivity index (χ0) is 20.6. The molecule has 1 aliphatic rings. The van der Waals surface area contributed by atoms with Gasteiger partial charge in [0.25, 0.3) is 0 Å². The molecule has 0 saturated carbocycles. The van der Waals surface area contributed by atoms with Gasteiger partial charge in [-0.15, -0.1) is 0 Å². The van der Waals surface area contributed by atoms with E-state index in [4.69, 9.17) is 0 Å². The molecule has 0 atom stereocenters. The molecule has 0 aliphatic heterocycles. The van der Waals surface area contributed by atoms with Crippen molar-refractivity contribution in [1.29, 1.82) is 0 Å². The van der Waals surface area contributed by atoms with Crippen LogP contribution >= 0.6 is 0 Å². The van der Waals surface area contributed by atoms with Crippen LogP contribution in [0.2, 0.25) is 0 Å². The predicted molar refractivity (Wildman–Crippen MR) is 123 cm³/mol. The van der Waals surface area contributed by atoms with Gasteiger partial charge in [0, 0.05) is 5.41 Å². The topological polar surface area (TPSA) is 0 Å². The molecule has 0 N–H and O–H groups in total. The van der Waals surface area contributed by atoms with E-state index in [9.17, 15) is 0 Å². The van der Waals surface area contributed by atoms with Crippen LogP contribution < -0.4 is 37.2 Å². The van der Waals surface area contributed by atoms with Crippen molar-refractivity contribution in [2.24, 2.45) is 0 Å². The Morgan fingerprint density at radius 2 is 0.970 bits per heavy atom. The molecule has 4 rings (SSSR count). The van der Waals surface area contributed by atoms with Gasteiger partial charge >= 0.3 is 21.7 Å². The average molecular weight is 532 g/mol. The Labute approximate surface area is 233 Å². The predicted octanol–water partition coefficient (Wildman–Crippen LogP) is -1.57. The van der Waals surface area contributed by atoms with Crippen LogP contribution in [0.5, 0.6) is 0 Å². The fourth-order valence-corrected chi connectivity index (χ4v) is 4.91. The molecule has 33 heavy (non-hydrogen) atoms. The Morgan fingerprint density at radius 1 is 0.606 bits per heavy atom. The molecule has 0 fully saturated rings. The summed E-state index contributed by atoms with van der Waals surface area (Å²) >= 11 is 0. The maximum atomic E-state index is 3.62. The van der Waals surface area contributed by atoms with E-state index in [0.29, 0.717) is 0 Å². The average Bonchev–Trinajstić information content (AvgIpc) is 3.01.